The van der Waals surface area contributed by atoms with Crippen molar-refractivity contribution in [1.82, 2.24) is 9.78 Å². The van der Waals surface area contributed by atoms with E-state index in [-0.39, 0.29) is 17.3 Å². The molecule has 2 aromatic rings. The number of carbonyl (C=O) groups excluding carboxylic acids is 2. The molecule has 0 spiro atoms. The molecule has 0 fully saturated rings. The normalized spacial score (nSPS) is 14.5. The number of furan rings is 1. The Bertz CT molecular complexity index is 871. The van der Waals surface area contributed by atoms with Crippen LogP contribution in [0, 0.1) is 6.92 Å². The summed E-state index contributed by atoms with van der Waals surface area (Å²) in [6.45, 7) is 7.02. The van der Waals surface area contributed by atoms with Gasteiger partial charge in [-0.15, -0.1) is 0 Å². The third kappa shape index (κ3) is 2.73. The molecule has 3 rings (SSSR count). The number of hydrogen-bond donors (Lipinski definition) is 1. The second-order valence-corrected chi connectivity index (χ2v) is 4.91. The van der Waals surface area contributed by atoms with E-state index in [0.717, 1.165) is 0 Å². The third-order valence-corrected chi connectivity index (χ3v) is 3.17. The molecule has 1 N–H and O–H groups in total. The van der Waals surface area contributed by atoms with Gasteiger partial charge >= 0.3 is 0 Å². The van der Waals surface area contributed by atoms with Crippen LogP contribution in [0.3, 0.4) is 0 Å². The van der Waals surface area contributed by atoms with Crippen molar-refractivity contribution in [3.05, 3.63) is 48.1 Å². The first-order valence-electron chi connectivity index (χ1n) is 6.75. The Morgan fingerprint density at radius 1 is 1.35 bits per heavy atom. The van der Waals surface area contributed by atoms with Gasteiger partial charge in [-0.25, -0.2) is 4.99 Å². The molecular weight excluding hydrogens is 298 g/mol. The summed E-state index contributed by atoms with van der Waals surface area (Å²) >= 11 is 0. The van der Waals surface area contributed by atoms with E-state index in [0.29, 0.717) is 17.2 Å². The van der Waals surface area contributed by atoms with Crippen molar-refractivity contribution in [2.24, 2.45) is 9.98 Å². The van der Waals surface area contributed by atoms with Gasteiger partial charge in [0, 0.05) is 6.07 Å². The molecule has 1 aliphatic heterocycles. The molecule has 0 atom stereocenters. The number of aliphatic imine (C=N–C) groups is 2. The zero-order valence-corrected chi connectivity index (χ0v) is 12.5. The van der Waals surface area contributed by atoms with Gasteiger partial charge in [0.1, 0.15) is 5.82 Å². The fourth-order valence-corrected chi connectivity index (χ4v) is 1.98. The van der Waals surface area contributed by atoms with E-state index in [1.54, 1.807) is 26.0 Å². The van der Waals surface area contributed by atoms with Crippen molar-refractivity contribution in [3.8, 4) is 0 Å². The van der Waals surface area contributed by atoms with Crippen LogP contribution >= 0.6 is 0 Å². The Balaban J connectivity index is 1.96. The molecule has 3 heterocycles. The van der Waals surface area contributed by atoms with Crippen LogP contribution in [-0.4, -0.2) is 33.3 Å². The number of nitrogens with one attached hydrogen (secondary N) is 1. The Kier molecular flexibility index (Phi) is 3.49. The highest BCUT2D eigenvalue weighted by atomic mass is 16.3. The number of hydrogen-bond acceptors (Lipinski definition) is 5. The van der Waals surface area contributed by atoms with Crippen molar-refractivity contribution in [2.45, 2.75) is 13.8 Å². The van der Waals surface area contributed by atoms with Crippen LogP contribution in [0.15, 0.2) is 51.0 Å². The fraction of sp³-hybridized carbons (Fsp3) is 0.133. The molecule has 23 heavy (non-hydrogen) atoms. The summed E-state index contributed by atoms with van der Waals surface area (Å²) < 4.78 is 6.34. The molecule has 0 saturated heterocycles. The first kappa shape index (κ1) is 14.6. The van der Waals surface area contributed by atoms with Crippen molar-refractivity contribution in [2.75, 3.05) is 5.32 Å². The highest BCUT2D eigenvalue weighted by Gasteiger charge is 2.22. The Morgan fingerprint density at radius 3 is 2.78 bits per heavy atom. The van der Waals surface area contributed by atoms with E-state index in [1.807, 2.05) is 0 Å². The summed E-state index contributed by atoms with van der Waals surface area (Å²) in [5.74, 6) is -0.361. The summed E-state index contributed by atoms with van der Waals surface area (Å²) in [6.07, 6.45) is 1.40. The van der Waals surface area contributed by atoms with Crippen molar-refractivity contribution < 1.29 is 14.0 Å². The van der Waals surface area contributed by atoms with Crippen LogP contribution in [0.25, 0.3) is 0 Å². The number of aryl methyl sites for hydroxylation is 1. The summed E-state index contributed by atoms with van der Waals surface area (Å²) in [5, 5.41) is 6.87. The van der Waals surface area contributed by atoms with Gasteiger partial charge in [-0.3, -0.25) is 9.59 Å². The van der Waals surface area contributed by atoms with Crippen molar-refractivity contribution >= 4 is 29.3 Å². The van der Waals surface area contributed by atoms with E-state index in [4.69, 9.17) is 4.42 Å². The first-order chi connectivity index (χ1) is 11.0. The standard InChI is InChI=1S/C15H13N5O3/c1-8-7-12(17-14(22)11-5-4-6-23-11)20(19-8)15-16-10(3)9(2)13(21)18-15/h4-7H,2H2,1,3H3,(H,17,22). The van der Waals surface area contributed by atoms with Gasteiger partial charge in [0.2, 0.25) is 0 Å². The average Bonchev–Trinajstić information content (AvgIpc) is 3.14. The zero-order chi connectivity index (χ0) is 16.6. The second kappa shape index (κ2) is 5.48. The van der Waals surface area contributed by atoms with Crippen LogP contribution in [0.1, 0.15) is 23.2 Å². The van der Waals surface area contributed by atoms with Crippen LogP contribution < -0.4 is 5.32 Å². The average molecular weight is 311 g/mol. The maximum absolute atomic E-state index is 12.1. The number of rotatable bonds is 2. The van der Waals surface area contributed by atoms with E-state index < -0.39 is 11.8 Å². The summed E-state index contributed by atoms with van der Waals surface area (Å²) in [7, 11) is 0. The molecule has 0 bridgehead atoms. The van der Waals surface area contributed by atoms with Gasteiger partial charge in [-0.1, -0.05) is 6.58 Å². The van der Waals surface area contributed by atoms with Gasteiger partial charge in [-0.05, 0) is 26.0 Å². The Morgan fingerprint density at radius 2 is 2.13 bits per heavy atom. The highest BCUT2D eigenvalue weighted by Crippen LogP contribution is 2.16. The molecule has 1 aliphatic rings. The number of nitrogens with zero attached hydrogens (tertiary/aromatic N) is 4. The van der Waals surface area contributed by atoms with Gasteiger partial charge in [0.25, 0.3) is 17.8 Å². The lowest BCUT2D eigenvalue weighted by Gasteiger charge is -2.12. The molecule has 8 heteroatoms. The summed E-state index contributed by atoms with van der Waals surface area (Å²) in [6, 6.07) is 4.79. The van der Waals surface area contributed by atoms with Crippen molar-refractivity contribution in [1.29, 1.82) is 0 Å². The molecule has 8 nitrogen and oxygen atoms in total. The second-order valence-electron chi connectivity index (χ2n) is 4.91. The van der Waals surface area contributed by atoms with Crippen LogP contribution in [-0.2, 0) is 4.79 Å². The lowest BCUT2D eigenvalue weighted by Crippen LogP contribution is -2.25. The quantitative estimate of drug-likeness (QED) is 0.854. The SMILES string of the molecule is C=C1C(=O)N=C(n2nc(C)cc2NC(=O)c2ccco2)N=C1C. The topological polar surface area (TPSA) is 102 Å². The molecule has 116 valence electrons. The highest BCUT2D eigenvalue weighted by molar-refractivity contribution is 6.27. The fourth-order valence-electron chi connectivity index (χ4n) is 1.98. The van der Waals surface area contributed by atoms with Gasteiger partial charge in [-0.2, -0.15) is 14.8 Å². The third-order valence-electron chi connectivity index (χ3n) is 3.17. The maximum Gasteiger partial charge on any atom is 0.292 e. The zero-order valence-electron chi connectivity index (χ0n) is 12.5. The Labute approximate surface area is 131 Å². The molecule has 2 aromatic heterocycles. The molecule has 0 saturated carbocycles. The molecule has 0 unspecified atom stereocenters. The Hall–Kier alpha value is -3.29. The lowest BCUT2D eigenvalue weighted by molar-refractivity contribution is -0.113. The monoisotopic (exact) mass is 311 g/mol. The van der Waals surface area contributed by atoms with Crippen LogP contribution in [0.2, 0.25) is 0 Å². The number of amides is 2. The number of aromatic nitrogens is 2. The summed E-state index contributed by atoms with van der Waals surface area (Å²) in [5.41, 5.74) is 1.32. The smallest absolute Gasteiger partial charge is 0.292 e. The largest absolute Gasteiger partial charge is 0.459 e. The minimum Gasteiger partial charge on any atom is -0.459 e. The molecule has 0 radical (unpaired) electrons. The molecular formula is C15H13N5O3. The van der Waals surface area contributed by atoms with Crippen LogP contribution in [0.4, 0.5) is 5.82 Å². The van der Waals surface area contributed by atoms with Gasteiger partial charge < -0.3 is 9.73 Å². The molecule has 2 amide bonds. The van der Waals surface area contributed by atoms with Crippen LogP contribution in [0.5, 0.6) is 0 Å². The van der Waals surface area contributed by atoms with E-state index in [1.165, 1.54) is 17.0 Å². The minimum absolute atomic E-state index is 0.0720. The van der Waals surface area contributed by atoms with Gasteiger partial charge in [0.05, 0.1) is 23.2 Å². The predicted molar refractivity (Wildman–Crippen MR) is 83.7 cm³/mol. The van der Waals surface area contributed by atoms with E-state index >= 15 is 0 Å². The first-order valence-corrected chi connectivity index (χ1v) is 6.75. The predicted octanol–water partition coefficient (Wildman–Crippen LogP) is 1.80. The molecule has 0 aliphatic carbocycles. The number of carbonyl (C=O) groups is 2. The van der Waals surface area contributed by atoms with Gasteiger partial charge in [0.15, 0.2) is 5.76 Å². The summed E-state index contributed by atoms with van der Waals surface area (Å²) in [4.78, 5) is 31.9. The molecule has 0 aromatic carbocycles. The lowest BCUT2D eigenvalue weighted by atomic mass is 10.2. The minimum atomic E-state index is -0.482. The van der Waals surface area contributed by atoms with E-state index in [9.17, 15) is 9.59 Å². The van der Waals surface area contributed by atoms with Crippen molar-refractivity contribution in [3.63, 3.8) is 0 Å². The van der Waals surface area contributed by atoms with E-state index in [2.05, 4.69) is 27.0 Å². The maximum atomic E-state index is 12.1. The number of anilines is 1.